The first-order valence-electron chi connectivity index (χ1n) is 7.71. The molecule has 3 aromatic carbocycles. The number of unbranched alkanes of at least 4 members (excludes halogenated alkanes) is 1. The fourth-order valence-corrected chi connectivity index (χ4v) is 4.09. The van der Waals surface area contributed by atoms with Gasteiger partial charge in [-0.1, -0.05) is 88.7 Å². The van der Waals surface area contributed by atoms with Gasteiger partial charge in [-0.05, 0) is 39.8 Å². The molecule has 0 aliphatic heterocycles. The minimum Gasteiger partial charge on any atom is -0.0654 e. The van der Waals surface area contributed by atoms with E-state index in [1.54, 1.807) is 0 Å². The first kappa shape index (κ1) is 14.3. The summed E-state index contributed by atoms with van der Waals surface area (Å²) in [6.07, 6.45) is 3.73. The van der Waals surface area contributed by atoms with Crippen LogP contribution < -0.4 is 10.6 Å². The van der Waals surface area contributed by atoms with Gasteiger partial charge in [0.05, 0.1) is 0 Å². The molecular weight excluding hydrogens is 271 g/mol. The molecule has 0 spiro atoms. The average Bonchev–Trinajstić information content (AvgIpc) is 2.54. The number of rotatable bonds is 5. The van der Waals surface area contributed by atoms with Gasteiger partial charge in [0.1, 0.15) is 0 Å². The van der Waals surface area contributed by atoms with Crippen molar-refractivity contribution in [2.24, 2.45) is 0 Å². The topological polar surface area (TPSA) is 0 Å². The largest absolute Gasteiger partial charge is 0.0654 e. The molecule has 0 aromatic heterocycles. The Kier molecular flexibility index (Phi) is 4.68. The van der Waals surface area contributed by atoms with Gasteiger partial charge in [-0.25, -0.2) is 0 Å². The first-order chi connectivity index (χ1) is 10.4. The molecule has 0 saturated heterocycles. The van der Waals surface area contributed by atoms with Gasteiger partial charge in [0, 0.05) is 0 Å². The van der Waals surface area contributed by atoms with Crippen molar-refractivity contribution in [3.63, 3.8) is 0 Å². The van der Waals surface area contributed by atoms with Gasteiger partial charge in [-0.15, -0.1) is 0 Å². The summed E-state index contributed by atoms with van der Waals surface area (Å²) in [5.41, 5.74) is 1.52. The van der Waals surface area contributed by atoms with Crippen molar-refractivity contribution in [3.8, 4) is 0 Å². The Morgan fingerprint density at radius 1 is 0.762 bits per heavy atom. The number of aryl methyl sites for hydroxylation is 1. The highest BCUT2D eigenvalue weighted by atomic mass is 31.1. The molecule has 0 nitrogen and oxygen atoms in total. The molecule has 3 rings (SSSR count). The van der Waals surface area contributed by atoms with Crippen LogP contribution in [-0.4, -0.2) is 0 Å². The molecule has 0 amide bonds. The first-order valence-corrected chi connectivity index (χ1v) is 8.71. The molecule has 1 heteroatoms. The molecule has 0 aliphatic carbocycles. The normalized spacial score (nSPS) is 11.5. The van der Waals surface area contributed by atoms with Crippen LogP contribution in [0.1, 0.15) is 25.3 Å². The number of benzene rings is 3. The molecule has 21 heavy (non-hydrogen) atoms. The van der Waals surface area contributed by atoms with E-state index in [9.17, 15) is 0 Å². The predicted octanol–water partition coefficient (Wildman–Crippen LogP) is 4.81. The monoisotopic (exact) mass is 292 g/mol. The zero-order valence-electron chi connectivity index (χ0n) is 12.5. The van der Waals surface area contributed by atoms with Crippen LogP contribution in [-0.2, 0) is 6.42 Å². The van der Waals surface area contributed by atoms with Gasteiger partial charge < -0.3 is 0 Å². The molecule has 0 bridgehead atoms. The van der Waals surface area contributed by atoms with E-state index in [-0.39, 0.29) is 0 Å². The van der Waals surface area contributed by atoms with Crippen LogP contribution in [0.15, 0.2) is 66.7 Å². The van der Waals surface area contributed by atoms with Crippen LogP contribution >= 0.6 is 8.58 Å². The highest BCUT2D eigenvalue weighted by Crippen LogP contribution is 2.21. The molecular formula is C20H21P. The maximum Gasteiger partial charge on any atom is -0.0106 e. The highest BCUT2D eigenvalue weighted by molar-refractivity contribution is 7.56. The van der Waals surface area contributed by atoms with E-state index < -0.39 is 0 Å². The van der Waals surface area contributed by atoms with Crippen LogP contribution in [0.25, 0.3) is 10.8 Å². The van der Waals surface area contributed by atoms with Crippen molar-refractivity contribution < 1.29 is 0 Å². The maximum absolute atomic E-state index is 2.30. The lowest BCUT2D eigenvalue weighted by Crippen LogP contribution is -2.09. The number of fused-ring (bicyclic) bond motifs is 1. The molecule has 0 aliphatic rings. The lowest BCUT2D eigenvalue weighted by Gasteiger charge is -2.11. The van der Waals surface area contributed by atoms with Crippen LogP contribution in [0.4, 0.5) is 0 Å². The Morgan fingerprint density at radius 3 is 2.38 bits per heavy atom. The zero-order chi connectivity index (χ0) is 14.5. The van der Waals surface area contributed by atoms with E-state index in [1.807, 2.05) is 0 Å². The van der Waals surface area contributed by atoms with Gasteiger partial charge in [0.25, 0.3) is 0 Å². The quantitative estimate of drug-likeness (QED) is 0.592. The number of hydrogen-bond acceptors (Lipinski definition) is 0. The highest BCUT2D eigenvalue weighted by Gasteiger charge is 2.05. The van der Waals surface area contributed by atoms with Gasteiger partial charge in [0.15, 0.2) is 0 Å². The van der Waals surface area contributed by atoms with E-state index in [0.29, 0.717) is 0 Å². The molecule has 3 aromatic rings. The molecule has 0 heterocycles. The van der Waals surface area contributed by atoms with Gasteiger partial charge in [0.2, 0.25) is 0 Å². The Labute approximate surface area is 129 Å². The summed E-state index contributed by atoms with van der Waals surface area (Å²) in [6, 6.07) is 24.3. The summed E-state index contributed by atoms with van der Waals surface area (Å²) in [5.74, 6) is 0. The zero-order valence-corrected chi connectivity index (χ0v) is 13.5. The van der Waals surface area contributed by atoms with E-state index in [2.05, 4.69) is 73.7 Å². The van der Waals surface area contributed by atoms with Crippen molar-refractivity contribution in [2.45, 2.75) is 26.2 Å². The average molecular weight is 292 g/mol. The molecule has 0 fully saturated rings. The van der Waals surface area contributed by atoms with Crippen molar-refractivity contribution in [2.75, 3.05) is 0 Å². The van der Waals surface area contributed by atoms with Crippen molar-refractivity contribution in [1.82, 2.24) is 0 Å². The summed E-state index contributed by atoms with van der Waals surface area (Å²) in [5, 5.41) is 5.69. The van der Waals surface area contributed by atoms with Crippen LogP contribution in [0.2, 0.25) is 0 Å². The van der Waals surface area contributed by atoms with Crippen molar-refractivity contribution in [1.29, 1.82) is 0 Å². The van der Waals surface area contributed by atoms with E-state index >= 15 is 0 Å². The summed E-state index contributed by atoms with van der Waals surface area (Å²) >= 11 is 0. The SMILES string of the molecule is CCCCc1ccccc1Pc1cccc2ccccc12. The standard InChI is InChI=1S/C20H21P/c1-2-3-9-17-11-5-7-14-19(17)21-20-15-8-12-16-10-4-6-13-18(16)20/h4-8,10-15,21H,2-3,9H2,1H3. The Hall–Kier alpha value is -1.65. The molecule has 0 radical (unpaired) electrons. The Balaban J connectivity index is 1.95. The molecule has 1 unspecified atom stereocenters. The summed E-state index contributed by atoms with van der Waals surface area (Å²) in [7, 11) is 0.741. The minimum absolute atomic E-state index is 0.741. The van der Waals surface area contributed by atoms with Gasteiger partial charge >= 0.3 is 0 Å². The predicted molar refractivity (Wildman–Crippen MR) is 96.6 cm³/mol. The fraction of sp³-hybridized carbons (Fsp3) is 0.200. The van der Waals surface area contributed by atoms with Gasteiger partial charge in [-0.2, -0.15) is 0 Å². The number of hydrogen-bond donors (Lipinski definition) is 0. The van der Waals surface area contributed by atoms with Crippen molar-refractivity contribution in [3.05, 3.63) is 72.3 Å². The Morgan fingerprint density at radius 2 is 1.48 bits per heavy atom. The van der Waals surface area contributed by atoms with E-state index in [1.165, 1.54) is 46.2 Å². The second-order valence-corrected chi connectivity index (χ2v) is 6.74. The third-order valence-electron chi connectivity index (χ3n) is 3.88. The third-order valence-corrected chi connectivity index (χ3v) is 5.34. The smallest absolute Gasteiger partial charge is 0.0106 e. The van der Waals surface area contributed by atoms with Crippen LogP contribution in [0, 0.1) is 0 Å². The molecule has 0 saturated carbocycles. The fourth-order valence-electron chi connectivity index (χ4n) is 2.71. The Bertz CT molecular complexity index is 725. The van der Waals surface area contributed by atoms with Gasteiger partial charge in [-0.3, -0.25) is 0 Å². The lowest BCUT2D eigenvalue weighted by atomic mass is 10.1. The summed E-state index contributed by atoms with van der Waals surface area (Å²) < 4.78 is 0. The van der Waals surface area contributed by atoms with Crippen LogP contribution in [0.5, 0.6) is 0 Å². The van der Waals surface area contributed by atoms with Crippen molar-refractivity contribution >= 4 is 30.0 Å². The van der Waals surface area contributed by atoms with E-state index in [4.69, 9.17) is 0 Å². The molecule has 0 N–H and O–H groups in total. The maximum atomic E-state index is 2.30. The van der Waals surface area contributed by atoms with Crippen LogP contribution in [0.3, 0.4) is 0 Å². The van der Waals surface area contributed by atoms with E-state index in [0.717, 1.165) is 8.58 Å². The third kappa shape index (κ3) is 3.34. The summed E-state index contributed by atoms with van der Waals surface area (Å²) in [4.78, 5) is 0. The molecule has 1 atom stereocenters. The second kappa shape index (κ2) is 6.87. The summed E-state index contributed by atoms with van der Waals surface area (Å²) in [6.45, 7) is 2.26. The minimum atomic E-state index is 0.741. The lowest BCUT2D eigenvalue weighted by molar-refractivity contribution is 0.798. The molecule has 106 valence electrons. The second-order valence-electron chi connectivity index (χ2n) is 5.41.